The van der Waals surface area contributed by atoms with Crippen LogP contribution < -0.4 is 10.6 Å². The van der Waals surface area contributed by atoms with E-state index in [4.69, 9.17) is 4.52 Å². The first kappa shape index (κ1) is 21.6. The number of guanidine groups is 1. The van der Waals surface area contributed by atoms with E-state index >= 15 is 0 Å². The van der Waals surface area contributed by atoms with Crippen LogP contribution in [0.4, 0.5) is 0 Å². The van der Waals surface area contributed by atoms with Crippen molar-refractivity contribution in [3.63, 3.8) is 0 Å². The Morgan fingerprint density at radius 2 is 2.11 bits per heavy atom. The fourth-order valence-electron chi connectivity index (χ4n) is 3.26. The molecule has 1 aliphatic heterocycles. The minimum Gasteiger partial charge on any atom is -0.357 e. The average Bonchev–Trinajstić information content (AvgIpc) is 3.27. The largest absolute Gasteiger partial charge is 0.357 e. The Bertz CT molecular complexity index is 705. The van der Waals surface area contributed by atoms with E-state index in [2.05, 4.69) is 67.9 Å². The van der Waals surface area contributed by atoms with E-state index < -0.39 is 0 Å². The number of nitrogens with zero attached hydrogens (tertiary/aromatic N) is 4. The normalized spacial score (nSPS) is 17.6. The van der Waals surface area contributed by atoms with Crippen LogP contribution in [-0.4, -0.2) is 46.7 Å². The molecule has 1 fully saturated rings. The van der Waals surface area contributed by atoms with Crippen molar-refractivity contribution >= 4 is 29.9 Å². The van der Waals surface area contributed by atoms with Crippen molar-refractivity contribution in [1.82, 2.24) is 25.7 Å². The van der Waals surface area contributed by atoms with Gasteiger partial charge in [-0.15, -0.1) is 24.0 Å². The molecule has 1 unspecified atom stereocenters. The molecule has 0 spiro atoms. The quantitative estimate of drug-likeness (QED) is 0.358. The second kappa shape index (κ2) is 11.2. The van der Waals surface area contributed by atoms with Crippen LogP contribution in [0.3, 0.4) is 0 Å². The first-order chi connectivity index (χ1) is 12.7. The maximum absolute atomic E-state index is 4.99. The van der Waals surface area contributed by atoms with Gasteiger partial charge in [0, 0.05) is 32.6 Å². The topological polar surface area (TPSA) is 78.6 Å². The number of rotatable bonds is 7. The number of aromatic nitrogens is 2. The highest BCUT2D eigenvalue weighted by atomic mass is 127. The monoisotopic (exact) mass is 484 g/mol. The van der Waals surface area contributed by atoms with Gasteiger partial charge in [0.05, 0.1) is 0 Å². The molecule has 0 amide bonds. The van der Waals surface area contributed by atoms with Gasteiger partial charge in [0.15, 0.2) is 11.8 Å². The SMILES string of the molecule is CCNC(=NCc1noc(C)n1)NCC1CCCN1Cc1ccccc1.I. The summed E-state index contributed by atoms with van der Waals surface area (Å²) in [5.41, 5.74) is 1.37. The van der Waals surface area contributed by atoms with E-state index in [1.165, 1.54) is 18.4 Å². The van der Waals surface area contributed by atoms with Gasteiger partial charge in [-0.05, 0) is 31.9 Å². The number of benzene rings is 1. The Hall–Kier alpha value is -1.68. The van der Waals surface area contributed by atoms with E-state index in [0.717, 1.165) is 32.1 Å². The summed E-state index contributed by atoms with van der Waals surface area (Å²) in [4.78, 5) is 11.3. The molecule has 3 rings (SSSR count). The predicted molar refractivity (Wildman–Crippen MR) is 117 cm³/mol. The van der Waals surface area contributed by atoms with Crippen molar-refractivity contribution in [2.45, 2.75) is 45.8 Å². The maximum atomic E-state index is 4.99. The summed E-state index contributed by atoms with van der Waals surface area (Å²) in [6.45, 7) is 8.10. The molecule has 1 atom stereocenters. The molecule has 1 aromatic heterocycles. The van der Waals surface area contributed by atoms with Crippen molar-refractivity contribution in [3.05, 3.63) is 47.6 Å². The molecule has 0 radical (unpaired) electrons. The smallest absolute Gasteiger partial charge is 0.223 e. The molecule has 0 aliphatic carbocycles. The van der Waals surface area contributed by atoms with Crippen LogP contribution in [0.15, 0.2) is 39.8 Å². The first-order valence-electron chi connectivity index (χ1n) is 9.34. The van der Waals surface area contributed by atoms with Crippen LogP contribution in [0.5, 0.6) is 0 Å². The maximum Gasteiger partial charge on any atom is 0.223 e. The number of aliphatic imine (C=N–C) groups is 1. The lowest BCUT2D eigenvalue weighted by Gasteiger charge is -2.25. The van der Waals surface area contributed by atoms with Gasteiger partial charge in [-0.2, -0.15) is 4.98 Å². The number of hydrogen-bond donors (Lipinski definition) is 2. The van der Waals surface area contributed by atoms with Gasteiger partial charge in [-0.3, -0.25) is 4.90 Å². The van der Waals surface area contributed by atoms with Crippen LogP contribution in [0, 0.1) is 6.92 Å². The zero-order valence-corrected chi connectivity index (χ0v) is 18.3. The molecule has 1 saturated heterocycles. The molecular formula is C19H29IN6O. The van der Waals surface area contributed by atoms with Crippen molar-refractivity contribution < 1.29 is 4.52 Å². The fourth-order valence-corrected chi connectivity index (χ4v) is 3.26. The second-order valence-corrected chi connectivity index (χ2v) is 6.56. The fraction of sp³-hybridized carbons (Fsp3) is 0.526. The molecule has 2 N–H and O–H groups in total. The van der Waals surface area contributed by atoms with Crippen LogP contribution in [0.25, 0.3) is 0 Å². The summed E-state index contributed by atoms with van der Waals surface area (Å²) in [6, 6.07) is 11.2. The van der Waals surface area contributed by atoms with Gasteiger partial charge >= 0.3 is 0 Å². The van der Waals surface area contributed by atoms with Crippen LogP contribution >= 0.6 is 24.0 Å². The molecule has 27 heavy (non-hydrogen) atoms. The second-order valence-electron chi connectivity index (χ2n) is 6.56. The van der Waals surface area contributed by atoms with Gasteiger partial charge in [-0.1, -0.05) is 35.5 Å². The van der Waals surface area contributed by atoms with Gasteiger partial charge in [-0.25, -0.2) is 4.99 Å². The summed E-state index contributed by atoms with van der Waals surface area (Å²) < 4.78 is 4.99. The van der Waals surface area contributed by atoms with E-state index in [0.29, 0.717) is 24.3 Å². The summed E-state index contributed by atoms with van der Waals surface area (Å²) in [5, 5.41) is 10.6. The highest BCUT2D eigenvalue weighted by molar-refractivity contribution is 14.0. The van der Waals surface area contributed by atoms with Gasteiger partial charge < -0.3 is 15.2 Å². The van der Waals surface area contributed by atoms with Crippen LogP contribution in [0.2, 0.25) is 0 Å². The molecule has 7 nitrogen and oxygen atoms in total. The Balaban J connectivity index is 0.00000261. The highest BCUT2D eigenvalue weighted by Gasteiger charge is 2.24. The number of hydrogen-bond acceptors (Lipinski definition) is 5. The molecule has 2 heterocycles. The third kappa shape index (κ3) is 6.76. The third-order valence-electron chi connectivity index (χ3n) is 4.53. The zero-order chi connectivity index (χ0) is 18.2. The summed E-state index contributed by atoms with van der Waals surface area (Å²) in [6.07, 6.45) is 2.46. The van der Waals surface area contributed by atoms with Gasteiger partial charge in [0.25, 0.3) is 0 Å². The van der Waals surface area contributed by atoms with Gasteiger partial charge in [0.2, 0.25) is 5.89 Å². The number of nitrogens with one attached hydrogen (secondary N) is 2. The summed E-state index contributed by atoms with van der Waals surface area (Å²) >= 11 is 0. The minimum absolute atomic E-state index is 0. The Morgan fingerprint density at radius 3 is 2.81 bits per heavy atom. The van der Waals surface area contributed by atoms with E-state index in [1.54, 1.807) is 6.92 Å². The Morgan fingerprint density at radius 1 is 1.30 bits per heavy atom. The lowest BCUT2D eigenvalue weighted by Crippen LogP contribution is -2.44. The van der Waals surface area contributed by atoms with Crippen molar-refractivity contribution in [2.75, 3.05) is 19.6 Å². The lowest BCUT2D eigenvalue weighted by molar-refractivity contribution is 0.245. The van der Waals surface area contributed by atoms with E-state index in [1.807, 2.05) is 0 Å². The lowest BCUT2D eigenvalue weighted by atomic mass is 10.2. The standard InChI is InChI=1S/C19H28N6O.HI/c1-3-20-19(22-13-18-23-15(2)26-24-18)21-12-17-10-7-11-25(17)14-16-8-5-4-6-9-16;/h4-6,8-9,17H,3,7,10-14H2,1-2H3,(H2,20,21,22);1H. The zero-order valence-electron chi connectivity index (χ0n) is 16.0. The molecule has 1 aromatic carbocycles. The summed E-state index contributed by atoms with van der Waals surface area (Å²) in [7, 11) is 0. The van der Waals surface area contributed by atoms with Crippen LogP contribution in [0.1, 0.15) is 37.0 Å². The predicted octanol–water partition coefficient (Wildman–Crippen LogP) is 2.72. The third-order valence-corrected chi connectivity index (χ3v) is 4.53. The molecule has 148 valence electrons. The van der Waals surface area contributed by atoms with E-state index in [9.17, 15) is 0 Å². The van der Waals surface area contributed by atoms with Crippen molar-refractivity contribution in [1.29, 1.82) is 0 Å². The van der Waals surface area contributed by atoms with Crippen molar-refractivity contribution in [3.8, 4) is 0 Å². The number of halogens is 1. The molecular weight excluding hydrogens is 455 g/mol. The first-order valence-corrected chi connectivity index (χ1v) is 9.34. The average molecular weight is 484 g/mol. The van der Waals surface area contributed by atoms with Crippen molar-refractivity contribution in [2.24, 2.45) is 4.99 Å². The molecule has 2 aromatic rings. The molecule has 0 saturated carbocycles. The highest BCUT2D eigenvalue weighted by Crippen LogP contribution is 2.19. The summed E-state index contributed by atoms with van der Waals surface area (Å²) in [5.74, 6) is 1.96. The van der Waals surface area contributed by atoms with Gasteiger partial charge in [0.1, 0.15) is 6.54 Å². The number of aryl methyl sites for hydroxylation is 1. The molecule has 0 bridgehead atoms. The molecule has 1 aliphatic rings. The Kier molecular flexibility index (Phi) is 8.99. The Labute approximate surface area is 178 Å². The minimum atomic E-state index is 0. The van der Waals surface area contributed by atoms with E-state index in [-0.39, 0.29) is 24.0 Å². The molecule has 8 heteroatoms. The van der Waals surface area contributed by atoms with Crippen LogP contribution in [-0.2, 0) is 13.1 Å². The number of likely N-dealkylation sites (tertiary alicyclic amines) is 1.